The van der Waals surface area contributed by atoms with Crippen LogP contribution in [0.15, 0.2) is 79.9 Å². The quantitative estimate of drug-likeness (QED) is 0.307. The molecule has 3 rings (SSSR count). The molecule has 1 unspecified atom stereocenters. The first kappa shape index (κ1) is 21.5. The average molecular weight is 425 g/mol. The first-order chi connectivity index (χ1) is 14.5. The van der Waals surface area contributed by atoms with Crippen LogP contribution in [0.5, 0.6) is 0 Å². The largest absolute Gasteiger partial charge is 0.445 e. The fourth-order valence-electron chi connectivity index (χ4n) is 3.22. The van der Waals surface area contributed by atoms with Crippen LogP contribution in [-0.4, -0.2) is 22.5 Å². The Balaban J connectivity index is 1.92. The molecule has 0 aliphatic rings. The van der Waals surface area contributed by atoms with Gasteiger partial charge in [-0.15, -0.1) is 13.2 Å². The summed E-state index contributed by atoms with van der Waals surface area (Å²) in [5.41, 5.74) is 1.97. The number of fused-ring (bicyclic) bond motifs is 1. The van der Waals surface area contributed by atoms with E-state index < -0.39 is 12.1 Å². The normalized spacial score (nSPS) is 11.7. The fourth-order valence-corrected chi connectivity index (χ4v) is 3.49. The van der Waals surface area contributed by atoms with Gasteiger partial charge in [0, 0.05) is 23.6 Å². The van der Waals surface area contributed by atoms with Gasteiger partial charge in [0.15, 0.2) is 0 Å². The molecule has 0 radical (unpaired) electrons. The van der Waals surface area contributed by atoms with Gasteiger partial charge in [-0.1, -0.05) is 54.1 Å². The van der Waals surface area contributed by atoms with E-state index in [9.17, 15) is 9.18 Å². The maximum atomic E-state index is 13.5. The van der Waals surface area contributed by atoms with Gasteiger partial charge < -0.3 is 4.74 Å². The predicted octanol–water partition coefficient (Wildman–Crippen LogP) is 6.47. The van der Waals surface area contributed by atoms with Crippen LogP contribution < -0.4 is 0 Å². The van der Waals surface area contributed by atoms with E-state index in [1.807, 2.05) is 36.4 Å². The number of hydrogen-bond acceptors (Lipinski definition) is 3. The van der Waals surface area contributed by atoms with Crippen molar-refractivity contribution < 1.29 is 13.9 Å². The Labute approximate surface area is 180 Å². The molecule has 0 aliphatic carbocycles. The predicted molar refractivity (Wildman–Crippen MR) is 118 cm³/mol. The molecule has 2 aromatic carbocycles. The van der Waals surface area contributed by atoms with Crippen molar-refractivity contribution in [1.82, 2.24) is 9.88 Å². The molecule has 0 fully saturated rings. The highest BCUT2D eigenvalue weighted by molar-refractivity contribution is 6.30. The monoisotopic (exact) mass is 424 g/mol. The minimum Gasteiger partial charge on any atom is -0.445 e. The molecule has 0 spiro atoms. The van der Waals surface area contributed by atoms with E-state index in [0.717, 1.165) is 10.9 Å². The van der Waals surface area contributed by atoms with Crippen LogP contribution in [0.1, 0.15) is 23.6 Å². The highest BCUT2D eigenvalue weighted by Crippen LogP contribution is 2.33. The van der Waals surface area contributed by atoms with Gasteiger partial charge in [-0.25, -0.2) is 14.2 Å². The first-order valence-electron chi connectivity index (χ1n) is 9.48. The summed E-state index contributed by atoms with van der Waals surface area (Å²) < 4.78 is 19.1. The standard InChI is InChI=1S/C24H22ClFN2O2/c1-3-8-22(20-14-18-11-12-19(26)15-21(18)27-23(20)25)28(13-4-2)24(29)30-16-17-9-6-5-7-10-17/h3-7,9-12,14-15,22H,1-2,8,13,16H2. The van der Waals surface area contributed by atoms with Crippen molar-refractivity contribution in [3.05, 3.63) is 102 Å². The molecule has 1 atom stereocenters. The van der Waals surface area contributed by atoms with Gasteiger partial charge in [0.2, 0.25) is 0 Å². The molecule has 1 amide bonds. The molecule has 0 bridgehead atoms. The van der Waals surface area contributed by atoms with E-state index >= 15 is 0 Å². The van der Waals surface area contributed by atoms with Crippen LogP contribution in [0.2, 0.25) is 5.15 Å². The zero-order chi connectivity index (χ0) is 21.5. The Hall–Kier alpha value is -3.18. The van der Waals surface area contributed by atoms with Crippen LogP contribution in [0.4, 0.5) is 9.18 Å². The number of hydrogen-bond donors (Lipinski definition) is 0. The second-order valence-corrected chi connectivity index (χ2v) is 7.08. The highest BCUT2D eigenvalue weighted by atomic mass is 35.5. The van der Waals surface area contributed by atoms with Crippen molar-refractivity contribution in [2.45, 2.75) is 19.1 Å². The Bertz CT molecular complexity index is 1060. The van der Waals surface area contributed by atoms with Crippen molar-refractivity contribution >= 4 is 28.6 Å². The van der Waals surface area contributed by atoms with Gasteiger partial charge in [-0.05, 0) is 30.2 Å². The Morgan fingerprint density at radius 3 is 2.63 bits per heavy atom. The van der Waals surface area contributed by atoms with E-state index in [1.165, 1.54) is 17.0 Å². The molecule has 3 aromatic rings. The second kappa shape index (κ2) is 10.0. The molecular weight excluding hydrogens is 403 g/mol. The average Bonchev–Trinajstić information content (AvgIpc) is 2.75. The molecule has 0 saturated carbocycles. The Morgan fingerprint density at radius 1 is 1.17 bits per heavy atom. The summed E-state index contributed by atoms with van der Waals surface area (Å²) in [7, 11) is 0. The third-order valence-corrected chi connectivity index (χ3v) is 4.95. The second-order valence-electron chi connectivity index (χ2n) is 6.73. The lowest BCUT2D eigenvalue weighted by molar-refractivity contribution is 0.0852. The number of amides is 1. The summed E-state index contributed by atoms with van der Waals surface area (Å²) in [5, 5.41) is 0.922. The van der Waals surface area contributed by atoms with Gasteiger partial charge in [0.05, 0.1) is 11.6 Å². The van der Waals surface area contributed by atoms with E-state index in [4.69, 9.17) is 16.3 Å². The van der Waals surface area contributed by atoms with E-state index in [1.54, 1.807) is 18.2 Å². The maximum Gasteiger partial charge on any atom is 0.410 e. The van der Waals surface area contributed by atoms with Gasteiger partial charge >= 0.3 is 6.09 Å². The molecular formula is C24H22ClFN2O2. The number of benzene rings is 2. The van der Waals surface area contributed by atoms with Gasteiger partial charge in [0.1, 0.15) is 17.6 Å². The molecule has 4 nitrogen and oxygen atoms in total. The number of carbonyl (C=O) groups is 1. The van der Waals surface area contributed by atoms with Gasteiger partial charge in [-0.3, -0.25) is 4.90 Å². The summed E-state index contributed by atoms with van der Waals surface area (Å²) >= 11 is 6.44. The lowest BCUT2D eigenvalue weighted by atomic mass is 10.0. The highest BCUT2D eigenvalue weighted by Gasteiger charge is 2.27. The van der Waals surface area contributed by atoms with Crippen LogP contribution in [-0.2, 0) is 11.3 Å². The maximum absolute atomic E-state index is 13.5. The lowest BCUT2D eigenvalue weighted by Crippen LogP contribution is -2.35. The van der Waals surface area contributed by atoms with Crippen molar-refractivity contribution in [2.24, 2.45) is 0 Å². The topological polar surface area (TPSA) is 42.4 Å². The van der Waals surface area contributed by atoms with Gasteiger partial charge in [-0.2, -0.15) is 0 Å². The Morgan fingerprint density at radius 2 is 1.93 bits per heavy atom. The van der Waals surface area contributed by atoms with Crippen molar-refractivity contribution in [3.8, 4) is 0 Å². The molecule has 0 N–H and O–H groups in total. The van der Waals surface area contributed by atoms with E-state index in [-0.39, 0.29) is 24.1 Å². The summed E-state index contributed by atoms with van der Waals surface area (Å²) in [4.78, 5) is 18.8. The molecule has 0 saturated heterocycles. The SMILES string of the molecule is C=CCC(c1cc2ccc(F)cc2nc1Cl)N(CC=C)C(=O)OCc1ccccc1. The molecule has 0 aliphatic heterocycles. The minimum absolute atomic E-state index is 0.150. The number of ether oxygens (including phenoxy) is 1. The summed E-state index contributed by atoms with van der Waals surface area (Å²) in [6.45, 7) is 7.96. The number of halogens is 2. The molecule has 154 valence electrons. The van der Waals surface area contributed by atoms with Crippen molar-refractivity contribution in [2.75, 3.05) is 6.54 Å². The molecule has 30 heavy (non-hydrogen) atoms. The summed E-state index contributed by atoms with van der Waals surface area (Å²) in [6.07, 6.45) is 3.26. The van der Waals surface area contributed by atoms with Gasteiger partial charge in [0.25, 0.3) is 0 Å². The lowest BCUT2D eigenvalue weighted by Gasteiger charge is -2.30. The third kappa shape index (κ3) is 5.05. The minimum atomic E-state index is -0.499. The Kier molecular flexibility index (Phi) is 7.20. The number of pyridine rings is 1. The van der Waals surface area contributed by atoms with Crippen LogP contribution in [0.3, 0.4) is 0 Å². The van der Waals surface area contributed by atoms with Crippen molar-refractivity contribution in [1.29, 1.82) is 0 Å². The number of rotatable bonds is 8. The van der Waals surface area contributed by atoms with Crippen molar-refractivity contribution in [3.63, 3.8) is 0 Å². The zero-order valence-electron chi connectivity index (χ0n) is 16.4. The molecule has 6 heteroatoms. The fraction of sp³-hybridized carbons (Fsp3) is 0.167. The number of carbonyl (C=O) groups excluding carboxylic acids is 1. The smallest absolute Gasteiger partial charge is 0.410 e. The first-order valence-corrected chi connectivity index (χ1v) is 9.86. The number of nitrogens with zero attached hydrogens (tertiary/aromatic N) is 2. The van der Waals surface area contributed by atoms with E-state index in [2.05, 4.69) is 18.1 Å². The summed E-state index contributed by atoms with van der Waals surface area (Å²) in [6, 6.07) is 15.1. The van der Waals surface area contributed by atoms with Crippen LogP contribution in [0, 0.1) is 5.82 Å². The van der Waals surface area contributed by atoms with Crippen LogP contribution in [0.25, 0.3) is 10.9 Å². The summed E-state index contributed by atoms with van der Waals surface area (Å²) in [5.74, 6) is -0.390. The van der Waals surface area contributed by atoms with E-state index in [0.29, 0.717) is 17.5 Å². The third-order valence-electron chi connectivity index (χ3n) is 4.65. The molecule has 1 heterocycles. The van der Waals surface area contributed by atoms with Crippen LogP contribution >= 0.6 is 11.6 Å². The molecule has 1 aromatic heterocycles. The number of aromatic nitrogens is 1. The zero-order valence-corrected chi connectivity index (χ0v) is 17.2.